The van der Waals surface area contributed by atoms with Crippen molar-refractivity contribution in [2.45, 2.75) is 31.0 Å². The van der Waals surface area contributed by atoms with Gasteiger partial charge in [-0.05, 0) is 24.0 Å². The monoisotopic (exact) mass is 311 g/mol. The van der Waals surface area contributed by atoms with Gasteiger partial charge in [0.25, 0.3) is 0 Å². The number of carbonyl (C=O) groups excluding carboxylic acids is 1. The standard InChI is InChI=1S/C19H21NO3/c21-17-11-19(12-17,16-9-5-2-6-10-16)14-20-18(22)23-13-15-7-3-1-4-8-15/h1-10,17,21H,11-14H2,(H,20,22). The van der Waals surface area contributed by atoms with Gasteiger partial charge in [-0.25, -0.2) is 4.79 Å². The molecule has 0 heterocycles. The van der Waals surface area contributed by atoms with Crippen LogP contribution < -0.4 is 5.32 Å². The van der Waals surface area contributed by atoms with Crippen molar-refractivity contribution in [1.82, 2.24) is 5.32 Å². The molecule has 0 spiro atoms. The fourth-order valence-corrected chi connectivity index (χ4v) is 3.13. The molecule has 0 unspecified atom stereocenters. The maximum absolute atomic E-state index is 11.9. The first-order chi connectivity index (χ1) is 11.2. The lowest BCUT2D eigenvalue weighted by Gasteiger charge is -2.46. The van der Waals surface area contributed by atoms with Gasteiger partial charge in [0.2, 0.25) is 0 Å². The molecule has 0 aromatic heterocycles. The van der Waals surface area contributed by atoms with Gasteiger partial charge in [-0.3, -0.25) is 0 Å². The second-order valence-electron chi connectivity index (χ2n) is 6.12. The van der Waals surface area contributed by atoms with Crippen LogP contribution in [0.3, 0.4) is 0 Å². The van der Waals surface area contributed by atoms with E-state index in [1.807, 2.05) is 60.7 Å². The molecule has 1 aliphatic rings. The zero-order valence-corrected chi connectivity index (χ0v) is 12.9. The summed E-state index contributed by atoms with van der Waals surface area (Å²) >= 11 is 0. The zero-order chi connectivity index (χ0) is 16.1. The maximum atomic E-state index is 11.9. The summed E-state index contributed by atoms with van der Waals surface area (Å²) in [6, 6.07) is 19.6. The summed E-state index contributed by atoms with van der Waals surface area (Å²) in [5, 5.41) is 12.6. The second-order valence-corrected chi connectivity index (χ2v) is 6.12. The number of aliphatic hydroxyl groups excluding tert-OH is 1. The number of rotatable bonds is 5. The topological polar surface area (TPSA) is 58.6 Å². The van der Waals surface area contributed by atoms with Crippen molar-refractivity contribution in [3.8, 4) is 0 Å². The molecule has 23 heavy (non-hydrogen) atoms. The van der Waals surface area contributed by atoms with Gasteiger partial charge in [-0.2, -0.15) is 0 Å². The molecular formula is C19H21NO3. The summed E-state index contributed by atoms with van der Waals surface area (Å²) in [5.74, 6) is 0. The molecule has 0 saturated heterocycles. The SMILES string of the molecule is O=C(NCC1(c2ccccc2)CC(O)C1)OCc1ccccc1. The van der Waals surface area contributed by atoms with E-state index in [2.05, 4.69) is 5.32 Å². The van der Waals surface area contributed by atoms with E-state index in [4.69, 9.17) is 4.74 Å². The van der Waals surface area contributed by atoms with Crippen molar-refractivity contribution in [3.63, 3.8) is 0 Å². The molecule has 120 valence electrons. The van der Waals surface area contributed by atoms with E-state index >= 15 is 0 Å². The molecular weight excluding hydrogens is 290 g/mol. The Morgan fingerprint density at radius 2 is 1.70 bits per heavy atom. The lowest BCUT2D eigenvalue weighted by Crippen LogP contribution is -2.52. The van der Waals surface area contributed by atoms with E-state index in [-0.39, 0.29) is 18.1 Å². The third kappa shape index (κ3) is 3.71. The minimum Gasteiger partial charge on any atom is -0.445 e. The van der Waals surface area contributed by atoms with Crippen molar-refractivity contribution in [3.05, 3.63) is 71.8 Å². The normalized spacial score (nSPS) is 22.9. The largest absolute Gasteiger partial charge is 0.445 e. The van der Waals surface area contributed by atoms with Crippen LogP contribution in [0.2, 0.25) is 0 Å². The first-order valence-corrected chi connectivity index (χ1v) is 7.86. The summed E-state index contributed by atoms with van der Waals surface area (Å²) in [5.41, 5.74) is 1.92. The van der Waals surface area contributed by atoms with Crippen LogP contribution in [0.5, 0.6) is 0 Å². The second kappa shape index (κ2) is 6.84. The van der Waals surface area contributed by atoms with Gasteiger partial charge < -0.3 is 15.2 Å². The van der Waals surface area contributed by atoms with Gasteiger partial charge in [-0.1, -0.05) is 60.7 Å². The molecule has 2 N–H and O–H groups in total. The Morgan fingerprint density at radius 1 is 1.09 bits per heavy atom. The number of nitrogens with one attached hydrogen (secondary N) is 1. The molecule has 1 aliphatic carbocycles. The Labute approximate surface area is 136 Å². The Kier molecular flexibility index (Phi) is 4.63. The highest BCUT2D eigenvalue weighted by atomic mass is 16.5. The van der Waals surface area contributed by atoms with Crippen molar-refractivity contribution >= 4 is 6.09 Å². The Bertz CT molecular complexity index is 636. The molecule has 1 saturated carbocycles. The van der Waals surface area contributed by atoms with Crippen molar-refractivity contribution in [2.75, 3.05) is 6.54 Å². The Balaban J connectivity index is 1.54. The molecule has 1 amide bonds. The molecule has 1 fully saturated rings. The average Bonchev–Trinajstić information content (AvgIpc) is 2.57. The first-order valence-electron chi connectivity index (χ1n) is 7.86. The zero-order valence-electron chi connectivity index (χ0n) is 12.9. The van der Waals surface area contributed by atoms with Crippen LogP contribution in [0, 0.1) is 0 Å². The van der Waals surface area contributed by atoms with Crippen LogP contribution in [-0.2, 0) is 16.8 Å². The molecule has 0 aliphatic heterocycles. The summed E-state index contributed by atoms with van der Waals surface area (Å²) in [6.45, 7) is 0.731. The number of hydrogen-bond donors (Lipinski definition) is 2. The number of alkyl carbamates (subject to hydrolysis) is 1. The molecule has 0 radical (unpaired) electrons. The van der Waals surface area contributed by atoms with Gasteiger partial charge in [0.1, 0.15) is 6.61 Å². The lowest BCUT2D eigenvalue weighted by molar-refractivity contribution is 0.0171. The van der Waals surface area contributed by atoms with Gasteiger partial charge in [-0.15, -0.1) is 0 Å². The van der Waals surface area contributed by atoms with Crippen molar-refractivity contribution < 1.29 is 14.6 Å². The summed E-state index contributed by atoms with van der Waals surface area (Å²) in [7, 11) is 0. The first kappa shape index (κ1) is 15.6. The molecule has 3 rings (SSSR count). The Hall–Kier alpha value is -2.33. The van der Waals surface area contributed by atoms with Crippen LogP contribution in [0.4, 0.5) is 4.79 Å². The number of amides is 1. The van der Waals surface area contributed by atoms with E-state index in [0.29, 0.717) is 19.4 Å². The molecule has 4 heteroatoms. The van der Waals surface area contributed by atoms with E-state index < -0.39 is 6.09 Å². The quantitative estimate of drug-likeness (QED) is 0.892. The van der Waals surface area contributed by atoms with Gasteiger partial charge in [0.15, 0.2) is 0 Å². The van der Waals surface area contributed by atoms with E-state index in [9.17, 15) is 9.90 Å². The van der Waals surface area contributed by atoms with Crippen LogP contribution in [0.1, 0.15) is 24.0 Å². The van der Waals surface area contributed by atoms with Crippen LogP contribution in [0.15, 0.2) is 60.7 Å². The molecule has 0 atom stereocenters. The number of ether oxygens (including phenoxy) is 1. The van der Waals surface area contributed by atoms with Crippen LogP contribution >= 0.6 is 0 Å². The van der Waals surface area contributed by atoms with Crippen molar-refractivity contribution in [2.24, 2.45) is 0 Å². The highest BCUT2D eigenvalue weighted by Crippen LogP contribution is 2.43. The number of aliphatic hydroxyl groups is 1. The number of carbonyl (C=O) groups is 1. The van der Waals surface area contributed by atoms with Gasteiger partial charge >= 0.3 is 6.09 Å². The Morgan fingerprint density at radius 3 is 2.30 bits per heavy atom. The van der Waals surface area contributed by atoms with Gasteiger partial charge in [0, 0.05) is 12.0 Å². The molecule has 2 aromatic rings. The van der Waals surface area contributed by atoms with E-state index in [0.717, 1.165) is 11.1 Å². The van der Waals surface area contributed by atoms with Crippen LogP contribution in [0.25, 0.3) is 0 Å². The average molecular weight is 311 g/mol. The molecule has 4 nitrogen and oxygen atoms in total. The predicted molar refractivity (Wildman–Crippen MR) is 88.0 cm³/mol. The van der Waals surface area contributed by atoms with E-state index in [1.54, 1.807) is 0 Å². The smallest absolute Gasteiger partial charge is 0.407 e. The number of hydrogen-bond acceptors (Lipinski definition) is 3. The van der Waals surface area contributed by atoms with E-state index in [1.165, 1.54) is 0 Å². The summed E-state index contributed by atoms with van der Waals surface area (Å²) in [6.07, 6.45) is 0.606. The highest BCUT2D eigenvalue weighted by molar-refractivity contribution is 5.67. The van der Waals surface area contributed by atoms with Gasteiger partial charge in [0.05, 0.1) is 6.10 Å². The number of benzene rings is 2. The third-order valence-corrected chi connectivity index (χ3v) is 4.42. The molecule has 2 aromatic carbocycles. The fraction of sp³-hybridized carbons (Fsp3) is 0.316. The third-order valence-electron chi connectivity index (χ3n) is 4.42. The summed E-state index contributed by atoms with van der Waals surface area (Å²) < 4.78 is 5.24. The lowest BCUT2D eigenvalue weighted by atomic mass is 9.62. The molecule has 0 bridgehead atoms. The predicted octanol–water partition coefficient (Wildman–Crippen LogP) is 3.01. The maximum Gasteiger partial charge on any atom is 0.407 e. The fourth-order valence-electron chi connectivity index (χ4n) is 3.13. The highest BCUT2D eigenvalue weighted by Gasteiger charge is 2.44. The summed E-state index contributed by atoms with van der Waals surface area (Å²) in [4.78, 5) is 11.9. The van der Waals surface area contributed by atoms with Crippen molar-refractivity contribution in [1.29, 1.82) is 0 Å². The van der Waals surface area contributed by atoms with Crippen LogP contribution in [-0.4, -0.2) is 23.8 Å². The minimum absolute atomic E-state index is 0.188. The minimum atomic E-state index is -0.425.